The summed E-state index contributed by atoms with van der Waals surface area (Å²) in [6.07, 6.45) is 1.50. The van der Waals surface area contributed by atoms with Crippen LogP contribution in [0.3, 0.4) is 0 Å². The smallest absolute Gasteiger partial charge is 0.282 e. The number of benzene rings is 3. The van der Waals surface area contributed by atoms with Crippen LogP contribution in [0.15, 0.2) is 93.9 Å². The highest BCUT2D eigenvalue weighted by Gasteiger charge is 2.26. The fraction of sp³-hybridized carbons (Fsp3) is 0.0833. The summed E-state index contributed by atoms with van der Waals surface area (Å²) < 4.78 is 29.8. The molecule has 0 fully saturated rings. The van der Waals surface area contributed by atoms with Crippen molar-refractivity contribution in [3.63, 3.8) is 0 Å². The number of carbonyl (C=O) groups is 1. The highest BCUT2D eigenvalue weighted by atomic mass is 32.2. The van der Waals surface area contributed by atoms with E-state index >= 15 is 0 Å². The Morgan fingerprint density at radius 1 is 0.767 bits per heavy atom. The maximum absolute atomic E-state index is 13.0. The Morgan fingerprint density at radius 2 is 1.33 bits per heavy atom. The van der Waals surface area contributed by atoms with Crippen LogP contribution in [-0.2, 0) is 10.0 Å². The van der Waals surface area contributed by atoms with Gasteiger partial charge in [-0.05, 0) is 44.2 Å². The average Bonchev–Trinajstić information content (AvgIpc) is 2.73. The van der Waals surface area contributed by atoms with Crippen molar-refractivity contribution in [2.75, 3.05) is 5.32 Å². The molecule has 0 aliphatic heterocycles. The van der Waals surface area contributed by atoms with E-state index in [2.05, 4.69) is 9.71 Å². The van der Waals surface area contributed by atoms with Gasteiger partial charge in [-0.3, -0.25) is 4.79 Å². The van der Waals surface area contributed by atoms with E-state index in [0.29, 0.717) is 11.1 Å². The molecule has 30 heavy (non-hydrogen) atoms. The van der Waals surface area contributed by atoms with Crippen LogP contribution in [0.4, 0.5) is 5.69 Å². The van der Waals surface area contributed by atoms with Gasteiger partial charge in [-0.15, -0.1) is 0 Å². The maximum atomic E-state index is 13.0. The van der Waals surface area contributed by atoms with E-state index in [0.717, 1.165) is 16.8 Å². The summed E-state index contributed by atoms with van der Waals surface area (Å²) in [5, 5.41) is 3.10. The van der Waals surface area contributed by atoms with Gasteiger partial charge in [0.05, 0.1) is 16.3 Å². The highest BCUT2D eigenvalue weighted by Crippen LogP contribution is 2.25. The first-order valence-corrected chi connectivity index (χ1v) is 10.9. The third-order valence-corrected chi connectivity index (χ3v) is 6.15. The maximum Gasteiger partial charge on any atom is 0.282 e. The van der Waals surface area contributed by atoms with E-state index in [-0.39, 0.29) is 22.1 Å². The van der Waals surface area contributed by atoms with Crippen molar-refractivity contribution >= 4 is 27.2 Å². The summed E-state index contributed by atoms with van der Waals surface area (Å²) in [5.74, 6) is -0.210. The Balaban J connectivity index is 1.80. The quantitative estimate of drug-likeness (QED) is 0.670. The van der Waals surface area contributed by atoms with Crippen LogP contribution in [0, 0.1) is 13.8 Å². The summed E-state index contributed by atoms with van der Waals surface area (Å²) in [4.78, 5) is 13.1. The Kier molecular flexibility index (Phi) is 5.10. The fourth-order valence-corrected chi connectivity index (χ4v) is 4.18. The van der Waals surface area contributed by atoms with E-state index in [9.17, 15) is 13.2 Å². The minimum Gasteiger partial charge on any atom is -0.352 e. The Morgan fingerprint density at radius 3 is 1.97 bits per heavy atom. The number of Topliss-reactive ketones (excluding diaryl/α,β-unsaturated/α-hetero) is 1. The molecule has 0 aromatic heterocycles. The number of anilines is 1. The minimum absolute atomic E-state index is 0.108. The number of sulfonamides is 1. The van der Waals surface area contributed by atoms with Crippen molar-refractivity contribution in [2.45, 2.75) is 18.7 Å². The molecule has 0 unspecified atom stereocenters. The van der Waals surface area contributed by atoms with Gasteiger partial charge in [0, 0.05) is 16.8 Å². The Labute approximate surface area is 175 Å². The lowest BCUT2D eigenvalue weighted by molar-refractivity contribution is 0.103. The Hall–Kier alpha value is -3.51. The molecule has 4 rings (SSSR count). The van der Waals surface area contributed by atoms with Crippen LogP contribution in [0.5, 0.6) is 0 Å². The molecule has 1 N–H and O–H groups in total. The largest absolute Gasteiger partial charge is 0.352 e. The molecule has 0 atom stereocenters. The van der Waals surface area contributed by atoms with Crippen molar-refractivity contribution in [3.8, 4) is 0 Å². The summed E-state index contributed by atoms with van der Waals surface area (Å²) in [7, 11) is -3.93. The average molecular weight is 417 g/mol. The molecule has 0 spiro atoms. The lowest BCUT2D eigenvalue weighted by Gasteiger charge is -2.19. The summed E-state index contributed by atoms with van der Waals surface area (Å²) in [5.41, 5.74) is 4.19. The van der Waals surface area contributed by atoms with E-state index in [1.54, 1.807) is 36.4 Å². The zero-order chi connectivity index (χ0) is 21.3. The van der Waals surface area contributed by atoms with E-state index in [1.807, 2.05) is 38.1 Å². The van der Waals surface area contributed by atoms with Gasteiger partial charge in [0.1, 0.15) is 0 Å². The van der Waals surface area contributed by atoms with Crippen LogP contribution in [-0.4, -0.2) is 19.9 Å². The van der Waals surface area contributed by atoms with E-state index in [1.165, 1.54) is 18.2 Å². The Bertz CT molecular complexity index is 1290. The molecule has 0 bridgehead atoms. The van der Waals surface area contributed by atoms with Gasteiger partial charge in [0.2, 0.25) is 5.78 Å². The fourth-order valence-electron chi connectivity index (χ4n) is 3.18. The lowest BCUT2D eigenvalue weighted by atomic mass is 9.92. The van der Waals surface area contributed by atoms with Crippen LogP contribution >= 0.6 is 0 Å². The minimum atomic E-state index is -3.93. The van der Waals surface area contributed by atoms with Crippen molar-refractivity contribution in [3.05, 3.63) is 107 Å². The number of hydrogen-bond acceptors (Lipinski definition) is 4. The molecule has 1 aliphatic carbocycles. The number of nitrogens with zero attached hydrogens (tertiary/aromatic N) is 1. The number of nitrogens with one attached hydrogen (secondary N) is 1. The number of hydrogen-bond donors (Lipinski definition) is 1. The standard InChI is InChI=1S/C24H20N2O3S/c1-16-7-11-18(12-8-16)25-23-15-22(20-5-3-4-6-21(20)24(23)27)26-30(28,29)19-13-9-17(2)10-14-19/h3-15,25H,1-2H3. The monoisotopic (exact) mass is 416 g/mol. The summed E-state index contributed by atoms with van der Waals surface area (Å²) in [6, 6.07) is 21.0. The molecule has 0 heterocycles. The van der Waals surface area contributed by atoms with E-state index < -0.39 is 10.0 Å². The molecule has 0 amide bonds. The van der Waals surface area contributed by atoms with Crippen molar-refractivity contribution in [1.82, 2.24) is 0 Å². The molecule has 0 saturated heterocycles. The molecule has 0 saturated carbocycles. The predicted octanol–water partition coefficient (Wildman–Crippen LogP) is 4.67. The van der Waals surface area contributed by atoms with E-state index in [4.69, 9.17) is 0 Å². The lowest BCUT2D eigenvalue weighted by Crippen LogP contribution is -2.22. The molecule has 0 radical (unpaired) electrons. The first-order chi connectivity index (χ1) is 14.3. The second-order valence-corrected chi connectivity index (χ2v) is 8.79. The van der Waals surface area contributed by atoms with Gasteiger partial charge in [0.15, 0.2) is 0 Å². The molecular weight excluding hydrogens is 396 g/mol. The number of ketones is 1. The first kappa shape index (κ1) is 19.8. The van der Waals surface area contributed by atoms with Crippen molar-refractivity contribution < 1.29 is 13.2 Å². The van der Waals surface area contributed by atoms with Gasteiger partial charge in [-0.1, -0.05) is 59.7 Å². The predicted molar refractivity (Wildman–Crippen MR) is 119 cm³/mol. The van der Waals surface area contributed by atoms with Gasteiger partial charge in [-0.2, -0.15) is 12.8 Å². The van der Waals surface area contributed by atoms with Gasteiger partial charge in [0.25, 0.3) is 10.0 Å². The van der Waals surface area contributed by atoms with Crippen LogP contribution in [0.2, 0.25) is 0 Å². The van der Waals surface area contributed by atoms with Crippen LogP contribution in [0.25, 0.3) is 0 Å². The number of allylic oxidation sites excluding steroid dienone is 2. The number of aryl methyl sites for hydroxylation is 2. The van der Waals surface area contributed by atoms with Gasteiger partial charge >= 0.3 is 0 Å². The molecule has 3 aromatic carbocycles. The van der Waals surface area contributed by atoms with Crippen LogP contribution in [0.1, 0.15) is 27.0 Å². The van der Waals surface area contributed by atoms with Crippen LogP contribution < -0.4 is 5.32 Å². The van der Waals surface area contributed by atoms with Gasteiger partial charge in [-0.25, -0.2) is 0 Å². The SMILES string of the molecule is Cc1ccc(NC2=CC(=NS(=O)(=O)c3ccc(C)cc3)c3ccccc3C2=O)cc1. The molecular formula is C24H20N2O3S. The zero-order valence-corrected chi connectivity index (χ0v) is 17.4. The van der Waals surface area contributed by atoms with Crippen molar-refractivity contribution in [1.29, 1.82) is 0 Å². The third-order valence-electron chi connectivity index (χ3n) is 4.84. The van der Waals surface area contributed by atoms with Gasteiger partial charge < -0.3 is 5.32 Å². The first-order valence-electron chi connectivity index (χ1n) is 9.45. The molecule has 5 nitrogen and oxygen atoms in total. The molecule has 6 heteroatoms. The molecule has 3 aromatic rings. The number of carbonyl (C=O) groups excluding carboxylic acids is 1. The molecule has 1 aliphatic rings. The van der Waals surface area contributed by atoms with Crippen molar-refractivity contribution in [2.24, 2.45) is 4.40 Å². The number of fused-ring (bicyclic) bond motifs is 1. The second kappa shape index (κ2) is 7.72. The topological polar surface area (TPSA) is 75.6 Å². The summed E-state index contributed by atoms with van der Waals surface area (Å²) >= 11 is 0. The highest BCUT2D eigenvalue weighted by molar-refractivity contribution is 7.90. The normalized spacial score (nSPS) is 14.9. The third kappa shape index (κ3) is 3.95. The summed E-state index contributed by atoms with van der Waals surface area (Å²) in [6.45, 7) is 3.86. The second-order valence-electron chi connectivity index (χ2n) is 7.19. The molecule has 150 valence electrons. The zero-order valence-electron chi connectivity index (χ0n) is 16.6. The number of rotatable bonds is 4.